The molecule has 1 saturated carbocycles. The number of hydrogen-bond acceptors (Lipinski definition) is 2. The summed E-state index contributed by atoms with van der Waals surface area (Å²) in [7, 11) is 2.05. The fourth-order valence-electron chi connectivity index (χ4n) is 2.07. The average Bonchev–Trinajstić information content (AvgIpc) is 2.65. The van der Waals surface area contributed by atoms with Crippen molar-refractivity contribution in [2.45, 2.75) is 25.3 Å². The molecule has 10 heavy (non-hydrogen) atoms. The summed E-state index contributed by atoms with van der Waals surface area (Å²) in [6.07, 6.45) is 3.97. The first kappa shape index (κ1) is 6.62. The predicted molar refractivity (Wildman–Crippen MR) is 40.0 cm³/mol. The van der Waals surface area contributed by atoms with Crippen LogP contribution in [0.2, 0.25) is 0 Å². The molecule has 2 nitrogen and oxygen atoms in total. The van der Waals surface area contributed by atoms with E-state index in [0.717, 1.165) is 19.3 Å². The third-order valence-electron chi connectivity index (χ3n) is 2.89. The summed E-state index contributed by atoms with van der Waals surface area (Å²) < 4.78 is 5.44. The summed E-state index contributed by atoms with van der Waals surface area (Å²) in [5.74, 6) is 0. The van der Waals surface area contributed by atoms with Crippen LogP contribution in [0.15, 0.2) is 0 Å². The van der Waals surface area contributed by atoms with Gasteiger partial charge in [-0.05, 0) is 26.3 Å². The third kappa shape index (κ3) is 0.867. The van der Waals surface area contributed by atoms with Crippen molar-refractivity contribution in [3.63, 3.8) is 0 Å². The Morgan fingerprint density at radius 3 is 3.00 bits per heavy atom. The SMILES string of the molecule is CNC1CC12CCCOC2. The highest BCUT2D eigenvalue weighted by Crippen LogP contribution is 2.51. The van der Waals surface area contributed by atoms with Gasteiger partial charge in [0, 0.05) is 18.1 Å². The highest BCUT2D eigenvalue weighted by Gasteiger charge is 2.53. The Labute approximate surface area is 61.9 Å². The van der Waals surface area contributed by atoms with Crippen molar-refractivity contribution in [3.8, 4) is 0 Å². The van der Waals surface area contributed by atoms with Gasteiger partial charge in [0.2, 0.25) is 0 Å². The molecule has 1 heterocycles. The molecule has 2 fully saturated rings. The Bertz CT molecular complexity index is 129. The molecule has 2 aliphatic rings. The van der Waals surface area contributed by atoms with Crippen LogP contribution in [-0.4, -0.2) is 26.3 Å². The van der Waals surface area contributed by atoms with E-state index in [1.54, 1.807) is 0 Å². The Kier molecular flexibility index (Phi) is 1.46. The molecule has 1 saturated heterocycles. The maximum Gasteiger partial charge on any atom is 0.0537 e. The summed E-state index contributed by atoms with van der Waals surface area (Å²) in [4.78, 5) is 0. The van der Waals surface area contributed by atoms with Crippen molar-refractivity contribution in [1.29, 1.82) is 0 Å². The van der Waals surface area contributed by atoms with Gasteiger partial charge in [0.15, 0.2) is 0 Å². The number of rotatable bonds is 1. The van der Waals surface area contributed by atoms with Crippen LogP contribution in [0, 0.1) is 5.41 Å². The summed E-state index contributed by atoms with van der Waals surface area (Å²) in [6, 6.07) is 0.757. The molecule has 2 rings (SSSR count). The predicted octanol–water partition coefficient (Wildman–Crippen LogP) is 0.775. The van der Waals surface area contributed by atoms with Gasteiger partial charge in [-0.2, -0.15) is 0 Å². The Morgan fingerprint density at radius 2 is 2.50 bits per heavy atom. The maximum absolute atomic E-state index is 5.44. The molecule has 1 N–H and O–H groups in total. The third-order valence-corrected chi connectivity index (χ3v) is 2.89. The molecule has 0 aromatic heterocycles. The molecule has 1 spiro atoms. The van der Waals surface area contributed by atoms with E-state index < -0.39 is 0 Å². The zero-order valence-electron chi connectivity index (χ0n) is 6.52. The van der Waals surface area contributed by atoms with E-state index in [1.807, 2.05) is 7.05 Å². The van der Waals surface area contributed by atoms with E-state index in [2.05, 4.69) is 5.32 Å². The van der Waals surface area contributed by atoms with E-state index >= 15 is 0 Å². The molecule has 2 heteroatoms. The summed E-state index contributed by atoms with van der Waals surface area (Å²) in [5.41, 5.74) is 0.562. The second kappa shape index (κ2) is 2.21. The lowest BCUT2D eigenvalue weighted by Crippen LogP contribution is -2.26. The van der Waals surface area contributed by atoms with E-state index in [0.29, 0.717) is 5.41 Å². The molecule has 0 amide bonds. The van der Waals surface area contributed by atoms with Crippen LogP contribution in [0.5, 0.6) is 0 Å². The summed E-state index contributed by atoms with van der Waals surface area (Å²) >= 11 is 0. The van der Waals surface area contributed by atoms with Gasteiger partial charge in [-0.3, -0.25) is 0 Å². The normalized spacial score (nSPS) is 45.9. The van der Waals surface area contributed by atoms with Gasteiger partial charge in [0.05, 0.1) is 6.61 Å². The molecule has 1 aliphatic carbocycles. The van der Waals surface area contributed by atoms with Crippen LogP contribution in [0.4, 0.5) is 0 Å². The second-order valence-electron chi connectivity index (χ2n) is 3.56. The van der Waals surface area contributed by atoms with Crippen molar-refractivity contribution < 1.29 is 4.74 Å². The largest absolute Gasteiger partial charge is 0.381 e. The molecule has 2 unspecified atom stereocenters. The molecular weight excluding hydrogens is 126 g/mol. The Morgan fingerprint density at radius 1 is 1.60 bits per heavy atom. The number of ether oxygens (including phenoxy) is 1. The summed E-state index contributed by atoms with van der Waals surface area (Å²) in [5, 5.41) is 3.32. The average molecular weight is 141 g/mol. The van der Waals surface area contributed by atoms with Crippen LogP contribution >= 0.6 is 0 Å². The number of nitrogens with one attached hydrogen (secondary N) is 1. The highest BCUT2D eigenvalue weighted by molar-refractivity contribution is 5.07. The van der Waals surface area contributed by atoms with Gasteiger partial charge in [-0.15, -0.1) is 0 Å². The van der Waals surface area contributed by atoms with Crippen LogP contribution in [0.1, 0.15) is 19.3 Å². The zero-order chi connectivity index (χ0) is 7.03. The Balaban J connectivity index is 1.92. The van der Waals surface area contributed by atoms with Crippen LogP contribution in [0.25, 0.3) is 0 Å². The van der Waals surface area contributed by atoms with Gasteiger partial charge in [-0.25, -0.2) is 0 Å². The molecule has 0 aromatic carbocycles. The first-order valence-electron chi connectivity index (χ1n) is 4.12. The van der Waals surface area contributed by atoms with Crippen LogP contribution in [0.3, 0.4) is 0 Å². The molecule has 2 atom stereocenters. The second-order valence-corrected chi connectivity index (χ2v) is 3.56. The molecular formula is C8H15NO. The molecule has 0 radical (unpaired) electrons. The molecule has 58 valence electrons. The lowest BCUT2D eigenvalue weighted by molar-refractivity contribution is 0.0396. The van der Waals surface area contributed by atoms with Gasteiger partial charge in [0.25, 0.3) is 0 Å². The van der Waals surface area contributed by atoms with E-state index in [4.69, 9.17) is 4.74 Å². The van der Waals surface area contributed by atoms with Gasteiger partial charge < -0.3 is 10.1 Å². The van der Waals surface area contributed by atoms with Crippen molar-refractivity contribution >= 4 is 0 Å². The minimum absolute atomic E-state index is 0.562. The first-order chi connectivity index (χ1) is 4.87. The maximum atomic E-state index is 5.44. The van der Waals surface area contributed by atoms with Crippen LogP contribution < -0.4 is 5.32 Å². The number of hydrogen-bond donors (Lipinski definition) is 1. The van der Waals surface area contributed by atoms with Crippen molar-refractivity contribution in [2.24, 2.45) is 5.41 Å². The quantitative estimate of drug-likeness (QED) is 0.582. The van der Waals surface area contributed by atoms with Crippen molar-refractivity contribution in [2.75, 3.05) is 20.3 Å². The minimum Gasteiger partial charge on any atom is -0.381 e. The molecule has 0 aromatic rings. The fourth-order valence-corrected chi connectivity index (χ4v) is 2.07. The lowest BCUT2D eigenvalue weighted by Gasteiger charge is -2.22. The van der Waals surface area contributed by atoms with E-state index in [1.165, 1.54) is 19.3 Å². The summed E-state index contributed by atoms with van der Waals surface area (Å²) in [6.45, 7) is 1.98. The fraction of sp³-hybridized carbons (Fsp3) is 1.00. The molecule has 1 aliphatic heterocycles. The van der Waals surface area contributed by atoms with Crippen molar-refractivity contribution in [1.82, 2.24) is 5.32 Å². The van der Waals surface area contributed by atoms with E-state index in [9.17, 15) is 0 Å². The first-order valence-corrected chi connectivity index (χ1v) is 4.12. The van der Waals surface area contributed by atoms with Crippen LogP contribution in [-0.2, 0) is 4.74 Å². The lowest BCUT2D eigenvalue weighted by atomic mass is 9.98. The van der Waals surface area contributed by atoms with Gasteiger partial charge in [-0.1, -0.05) is 0 Å². The zero-order valence-corrected chi connectivity index (χ0v) is 6.52. The smallest absolute Gasteiger partial charge is 0.0537 e. The van der Waals surface area contributed by atoms with E-state index in [-0.39, 0.29) is 0 Å². The minimum atomic E-state index is 0.562. The van der Waals surface area contributed by atoms with Gasteiger partial charge >= 0.3 is 0 Å². The Hall–Kier alpha value is -0.0800. The van der Waals surface area contributed by atoms with Gasteiger partial charge in [0.1, 0.15) is 0 Å². The topological polar surface area (TPSA) is 21.3 Å². The monoisotopic (exact) mass is 141 g/mol. The highest BCUT2D eigenvalue weighted by atomic mass is 16.5. The van der Waals surface area contributed by atoms with Crippen molar-refractivity contribution in [3.05, 3.63) is 0 Å². The standard InChI is InChI=1S/C8H15NO/c1-9-7-5-8(7)3-2-4-10-6-8/h7,9H,2-6H2,1H3. The molecule has 0 bridgehead atoms.